The third kappa shape index (κ3) is 4.44. The Kier molecular flexibility index (Phi) is 5.63. The van der Waals surface area contributed by atoms with Crippen molar-refractivity contribution in [1.82, 2.24) is 0 Å². The number of benzene rings is 1. The first-order valence-corrected chi connectivity index (χ1v) is 6.43. The first-order chi connectivity index (χ1) is 8.95. The van der Waals surface area contributed by atoms with Crippen molar-refractivity contribution in [2.45, 2.75) is 26.7 Å². The Morgan fingerprint density at radius 3 is 2.74 bits per heavy atom. The molecule has 5 N–H and O–H groups in total. The highest BCUT2D eigenvalue weighted by molar-refractivity contribution is 5.95. The molecule has 19 heavy (non-hydrogen) atoms. The summed E-state index contributed by atoms with van der Waals surface area (Å²) in [6.07, 6.45) is 1.86. The van der Waals surface area contributed by atoms with Crippen LogP contribution in [0.1, 0.15) is 35.7 Å². The molecule has 0 aliphatic heterocycles. The summed E-state index contributed by atoms with van der Waals surface area (Å²) in [4.78, 5) is 11.0. The minimum Gasteiger partial charge on any atom is -0.478 e. The minimum absolute atomic E-state index is 0.131. The molecule has 0 saturated carbocycles. The van der Waals surface area contributed by atoms with E-state index in [9.17, 15) is 4.79 Å². The van der Waals surface area contributed by atoms with Gasteiger partial charge in [-0.25, -0.2) is 4.79 Å². The molecule has 0 bridgehead atoms. The molecule has 1 aromatic rings. The summed E-state index contributed by atoms with van der Waals surface area (Å²) >= 11 is 0. The molecule has 0 aliphatic rings. The monoisotopic (exact) mass is 266 g/mol. The van der Waals surface area contributed by atoms with Crippen molar-refractivity contribution >= 4 is 17.3 Å². The highest BCUT2D eigenvalue weighted by atomic mass is 16.4. The van der Waals surface area contributed by atoms with Gasteiger partial charge in [-0.15, -0.1) is 0 Å². The Morgan fingerprint density at radius 2 is 2.16 bits per heavy atom. The quantitative estimate of drug-likeness (QED) is 0.448. The largest absolute Gasteiger partial charge is 0.478 e. The zero-order valence-electron chi connectivity index (χ0n) is 11.4. The van der Waals surface area contributed by atoms with E-state index in [4.69, 9.17) is 15.9 Å². The van der Waals surface area contributed by atoms with Crippen LogP contribution in [0.2, 0.25) is 0 Å². The summed E-state index contributed by atoms with van der Waals surface area (Å²) in [5.74, 6) is -0.720. The van der Waals surface area contributed by atoms with Gasteiger partial charge in [0.25, 0.3) is 0 Å². The average Bonchev–Trinajstić information content (AvgIpc) is 2.37. The van der Waals surface area contributed by atoms with Gasteiger partial charge in [0.1, 0.15) is 0 Å². The molecular weight excluding hydrogens is 244 g/mol. The number of carboxylic acids is 1. The first-order valence-electron chi connectivity index (χ1n) is 6.43. The summed E-state index contributed by atoms with van der Waals surface area (Å²) < 4.78 is 0. The van der Waals surface area contributed by atoms with Gasteiger partial charge in [-0.05, 0) is 43.4 Å². The number of nitrogens with two attached hydrogens (primary N) is 1. The van der Waals surface area contributed by atoms with Gasteiger partial charge in [0.2, 0.25) is 0 Å². The van der Waals surface area contributed by atoms with Gasteiger partial charge in [0.15, 0.2) is 0 Å². The van der Waals surface area contributed by atoms with E-state index in [-0.39, 0.29) is 12.2 Å². The first kappa shape index (κ1) is 15.3. The lowest BCUT2D eigenvalue weighted by Crippen LogP contribution is -2.09. The van der Waals surface area contributed by atoms with Crippen molar-refractivity contribution in [3.05, 3.63) is 23.3 Å². The van der Waals surface area contributed by atoms with Gasteiger partial charge in [0, 0.05) is 24.5 Å². The predicted octanol–water partition coefficient (Wildman–Crippen LogP) is 2.10. The van der Waals surface area contributed by atoms with Crippen LogP contribution in [-0.4, -0.2) is 29.3 Å². The number of hydrogen-bond donors (Lipinski definition) is 4. The van der Waals surface area contributed by atoms with Crippen molar-refractivity contribution in [3.8, 4) is 0 Å². The maximum absolute atomic E-state index is 11.0. The Hall–Kier alpha value is -1.75. The van der Waals surface area contributed by atoms with Crippen LogP contribution in [0.3, 0.4) is 0 Å². The predicted molar refractivity (Wildman–Crippen MR) is 76.5 cm³/mol. The molecular formula is C14H22N2O3. The van der Waals surface area contributed by atoms with Crippen LogP contribution >= 0.6 is 0 Å². The van der Waals surface area contributed by atoms with Crippen LogP contribution in [0.4, 0.5) is 11.4 Å². The van der Waals surface area contributed by atoms with E-state index in [1.54, 1.807) is 13.0 Å². The van der Waals surface area contributed by atoms with E-state index < -0.39 is 5.97 Å². The molecule has 106 valence electrons. The number of hydrogen-bond acceptors (Lipinski definition) is 4. The van der Waals surface area contributed by atoms with Crippen molar-refractivity contribution in [1.29, 1.82) is 0 Å². The second kappa shape index (κ2) is 6.99. The molecule has 1 atom stereocenters. The van der Waals surface area contributed by atoms with E-state index in [0.29, 0.717) is 11.6 Å². The maximum atomic E-state index is 11.0. The lowest BCUT2D eigenvalue weighted by atomic mass is 10.1. The average molecular weight is 266 g/mol. The maximum Gasteiger partial charge on any atom is 0.337 e. The number of aliphatic hydroxyl groups excluding tert-OH is 1. The summed E-state index contributed by atoms with van der Waals surface area (Å²) in [6.45, 7) is 4.73. The van der Waals surface area contributed by atoms with Crippen molar-refractivity contribution in [3.63, 3.8) is 0 Å². The number of aryl methyl sites for hydroxylation is 1. The van der Waals surface area contributed by atoms with Gasteiger partial charge in [-0.1, -0.05) is 6.92 Å². The van der Waals surface area contributed by atoms with Crippen LogP contribution in [0.25, 0.3) is 0 Å². The molecule has 0 aliphatic carbocycles. The van der Waals surface area contributed by atoms with E-state index in [1.807, 2.05) is 13.0 Å². The Labute approximate surface area is 113 Å². The lowest BCUT2D eigenvalue weighted by Gasteiger charge is -2.12. The molecule has 5 heteroatoms. The van der Waals surface area contributed by atoms with E-state index in [0.717, 1.165) is 30.6 Å². The molecule has 0 heterocycles. The molecule has 0 radical (unpaired) electrons. The van der Waals surface area contributed by atoms with Crippen LogP contribution in [0, 0.1) is 12.8 Å². The number of nitrogens with one attached hydrogen (secondary N) is 1. The highest BCUT2D eigenvalue weighted by Crippen LogP contribution is 2.23. The Balaban J connectivity index is 2.62. The van der Waals surface area contributed by atoms with Crippen molar-refractivity contribution < 1.29 is 15.0 Å². The number of aromatic carboxylic acids is 1. The fourth-order valence-electron chi connectivity index (χ4n) is 1.85. The molecule has 0 saturated heterocycles. The zero-order valence-corrected chi connectivity index (χ0v) is 11.4. The zero-order chi connectivity index (χ0) is 14.4. The molecule has 5 nitrogen and oxygen atoms in total. The summed E-state index contributed by atoms with van der Waals surface area (Å²) in [7, 11) is 0. The second-order valence-corrected chi connectivity index (χ2v) is 4.92. The SMILES string of the molecule is Cc1cc(NCCCC(C)CO)cc(C(=O)O)c1N. The summed E-state index contributed by atoms with van der Waals surface area (Å²) in [6, 6.07) is 3.40. The number of aliphatic hydroxyl groups is 1. The van der Waals surface area contributed by atoms with E-state index in [1.165, 1.54) is 0 Å². The van der Waals surface area contributed by atoms with Gasteiger partial charge in [-0.2, -0.15) is 0 Å². The Bertz CT molecular complexity index is 447. The summed E-state index contributed by atoms with van der Waals surface area (Å²) in [5.41, 5.74) is 7.69. The minimum atomic E-state index is -1.02. The molecule has 0 aromatic heterocycles. The van der Waals surface area contributed by atoms with Crippen molar-refractivity contribution in [2.75, 3.05) is 24.2 Å². The third-order valence-corrected chi connectivity index (χ3v) is 3.13. The fourth-order valence-corrected chi connectivity index (χ4v) is 1.85. The third-order valence-electron chi connectivity index (χ3n) is 3.13. The summed E-state index contributed by atoms with van der Waals surface area (Å²) in [5, 5.41) is 21.2. The van der Waals surface area contributed by atoms with Crippen LogP contribution < -0.4 is 11.1 Å². The number of rotatable bonds is 7. The fraction of sp³-hybridized carbons (Fsp3) is 0.500. The molecule has 1 unspecified atom stereocenters. The smallest absolute Gasteiger partial charge is 0.337 e. The second-order valence-electron chi connectivity index (χ2n) is 4.92. The molecule has 1 rings (SSSR count). The van der Waals surface area contributed by atoms with Crippen LogP contribution in [-0.2, 0) is 0 Å². The van der Waals surface area contributed by atoms with E-state index in [2.05, 4.69) is 5.32 Å². The van der Waals surface area contributed by atoms with Crippen molar-refractivity contribution in [2.24, 2.45) is 5.92 Å². The van der Waals surface area contributed by atoms with Crippen LogP contribution in [0.15, 0.2) is 12.1 Å². The number of nitrogen functional groups attached to an aromatic ring is 1. The van der Waals surface area contributed by atoms with Gasteiger partial charge in [0.05, 0.1) is 5.56 Å². The molecule has 0 amide bonds. The topological polar surface area (TPSA) is 95.6 Å². The van der Waals surface area contributed by atoms with E-state index >= 15 is 0 Å². The molecule has 1 aromatic carbocycles. The molecule has 0 spiro atoms. The van der Waals surface area contributed by atoms with Gasteiger partial charge < -0.3 is 21.3 Å². The number of carbonyl (C=O) groups is 1. The van der Waals surface area contributed by atoms with Crippen LogP contribution in [0.5, 0.6) is 0 Å². The van der Waals surface area contributed by atoms with Gasteiger partial charge in [-0.3, -0.25) is 0 Å². The molecule has 0 fully saturated rings. The number of anilines is 2. The lowest BCUT2D eigenvalue weighted by molar-refractivity contribution is 0.0698. The number of carboxylic acid groups (broad SMARTS) is 1. The van der Waals surface area contributed by atoms with Gasteiger partial charge >= 0.3 is 5.97 Å². The standard InChI is InChI=1S/C14H22N2O3/c1-9(8-17)4-3-5-16-11-6-10(2)13(15)12(7-11)14(18)19/h6-7,9,16-17H,3-5,8,15H2,1-2H3,(H,18,19). The Morgan fingerprint density at radius 1 is 1.47 bits per heavy atom. The highest BCUT2D eigenvalue weighted by Gasteiger charge is 2.11. The normalized spacial score (nSPS) is 12.2.